The van der Waals surface area contributed by atoms with Crippen LogP contribution in [-0.4, -0.2) is 20.4 Å². The highest BCUT2D eigenvalue weighted by molar-refractivity contribution is 9.10. The van der Waals surface area contributed by atoms with Crippen LogP contribution in [0.3, 0.4) is 0 Å². The fourth-order valence-corrected chi connectivity index (χ4v) is 3.29. The number of aromatic nitrogens is 3. The number of pyridine rings is 1. The molecule has 0 radical (unpaired) electrons. The van der Waals surface area contributed by atoms with E-state index >= 15 is 0 Å². The third-order valence-corrected chi connectivity index (χ3v) is 4.55. The molecule has 28 heavy (non-hydrogen) atoms. The van der Waals surface area contributed by atoms with Crippen molar-refractivity contribution in [3.8, 4) is 16.8 Å². The first-order valence-corrected chi connectivity index (χ1v) is 9.07. The summed E-state index contributed by atoms with van der Waals surface area (Å²) < 4.78 is 30.2. The predicted octanol–water partition coefficient (Wildman–Crippen LogP) is 5.09. The molecule has 0 unspecified atom stereocenters. The van der Waals surface area contributed by atoms with Crippen molar-refractivity contribution in [1.82, 2.24) is 14.5 Å². The van der Waals surface area contributed by atoms with Crippen LogP contribution in [0.4, 0.5) is 14.5 Å². The van der Waals surface area contributed by atoms with Crippen molar-refractivity contribution >= 4 is 38.7 Å². The second-order valence-electron chi connectivity index (χ2n) is 6.18. The molecule has 0 fully saturated rings. The fraction of sp³-hybridized carbons (Fsp3) is 0.0500. The van der Waals surface area contributed by atoms with Gasteiger partial charge < -0.3 is 5.32 Å². The molecular weight excluding hydrogens is 430 g/mol. The largest absolute Gasteiger partial charge is 0.326 e. The molecule has 2 aromatic heterocycles. The SMILES string of the molecule is CC(=O)Nc1cc(-c2ccc(F)cc2F)cc(-n2cnc3cc(Br)cnc32)c1. The number of halogens is 3. The van der Waals surface area contributed by atoms with Crippen molar-refractivity contribution in [2.45, 2.75) is 6.92 Å². The minimum absolute atomic E-state index is 0.218. The monoisotopic (exact) mass is 442 g/mol. The topological polar surface area (TPSA) is 59.8 Å². The molecule has 0 saturated heterocycles. The van der Waals surface area contributed by atoms with Crippen LogP contribution in [0.5, 0.6) is 0 Å². The number of imidazole rings is 1. The summed E-state index contributed by atoms with van der Waals surface area (Å²) in [5, 5.41) is 2.71. The van der Waals surface area contributed by atoms with Crippen LogP contribution in [0.15, 0.2) is 59.5 Å². The van der Waals surface area contributed by atoms with E-state index in [0.29, 0.717) is 28.1 Å². The Balaban J connectivity index is 1.92. The fourth-order valence-electron chi connectivity index (χ4n) is 2.97. The number of fused-ring (bicyclic) bond motifs is 1. The first-order valence-electron chi connectivity index (χ1n) is 8.28. The smallest absolute Gasteiger partial charge is 0.221 e. The lowest BCUT2D eigenvalue weighted by molar-refractivity contribution is -0.114. The molecule has 0 aliphatic heterocycles. The van der Waals surface area contributed by atoms with E-state index in [2.05, 4.69) is 31.2 Å². The van der Waals surface area contributed by atoms with E-state index < -0.39 is 11.6 Å². The highest BCUT2D eigenvalue weighted by Gasteiger charge is 2.13. The van der Waals surface area contributed by atoms with E-state index in [1.165, 1.54) is 19.1 Å². The molecule has 2 aromatic carbocycles. The summed E-state index contributed by atoms with van der Waals surface area (Å²) in [7, 11) is 0. The number of hydrogen-bond donors (Lipinski definition) is 1. The number of carbonyl (C=O) groups excluding carboxylic acids is 1. The molecule has 8 heteroatoms. The lowest BCUT2D eigenvalue weighted by Crippen LogP contribution is -2.07. The molecule has 2 heterocycles. The number of hydrogen-bond acceptors (Lipinski definition) is 3. The molecule has 0 saturated carbocycles. The van der Waals surface area contributed by atoms with Crippen LogP contribution in [-0.2, 0) is 4.79 Å². The van der Waals surface area contributed by atoms with Crippen LogP contribution in [0.25, 0.3) is 28.0 Å². The maximum Gasteiger partial charge on any atom is 0.221 e. The van der Waals surface area contributed by atoms with Crippen LogP contribution < -0.4 is 5.32 Å². The number of anilines is 1. The Kier molecular flexibility index (Phi) is 4.64. The summed E-state index contributed by atoms with van der Waals surface area (Å²) in [4.78, 5) is 20.3. The van der Waals surface area contributed by atoms with Crippen LogP contribution in [0.2, 0.25) is 0 Å². The van der Waals surface area contributed by atoms with Gasteiger partial charge in [0.2, 0.25) is 5.91 Å². The maximum atomic E-state index is 14.3. The van der Waals surface area contributed by atoms with E-state index in [1.807, 2.05) is 6.07 Å². The van der Waals surface area contributed by atoms with E-state index in [1.54, 1.807) is 35.3 Å². The molecular formula is C20H13BrF2N4O. The van der Waals surface area contributed by atoms with E-state index in [-0.39, 0.29) is 11.5 Å². The molecule has 0 aliphatic carbocycles. The van der Waals surface area contributed by atoms with Crippen LogP contribution in [0, 0.1) is 11.6 Å². The average Bonchev–Trinajstić information content (AvgIpc) is 3.03. The van der Waals surface area contributed by atoms with E-state index in [0.717, 1.165) is 10.5 Å². The van der Waals surface area contributed by atoms with Gasteiger partial charge in [-0.2, -0.15) is 0 Å². The number of amides is 1. The average molecular weight is 443 g/mol. The summed E-state index contributed by atoms with van der Waals surface area (Å²) >= 11 is 3.36. The molecule has 1 amide bonds. The Morgan fingerprint density at radius 1 is 1.11 bits per heavy atom. The number of benzene rings is 2. The number of nitrogens with zero attached hydrogens (tertiary/aromatic N) is 3. The quantitative estimate of drug-likeness (QED) is 0.480. The van der Waals surface area contributed by atoms with Gasteiger partial charge in [-0.3, -0.25) is 9.36 Å². The zero-order chi connectivity index (χ0) is 19.8. The normalized spacial score (nSPS) is 11.0. The van der Waals surface area contributed by atoms with Crippen molar-refractivity contribution in [3.63, 3.8) is 0 Å². The van der Waals surface area contributed by atoms with Gasteiger partial charge in [0, 0.05) is 34.9 Å². The maximum absolute atomic E-state index is 14.3. The highest BCUT2D eigenvalue weighted by atomic mass is 79.9. The Morgan fingerprint density at radius 3 is 2.68 bits per heavy atom. The minimum atomic E-state index is -0.691. The van der Waals surface area contributed by atoms with E-state index in [4.69, 9.17) is 0 Å². The van der Waals surface area contributed by atoms with Gasteiger partial charge in [0.15, 0.2) is 5.65 Å². The van der Waals surface area contributed by atoms with Crippen molar-refractivity contribution in [3.05, 3.63) is 71.1 Å². The molecule has 0 atom stereocenters. The number of carbonyl (C=O) groups is 1. The van der Waals surface area contributed by atoms with Gasteiger partial charge in [-0.25, -0.2) is 18.7 Å². The Hall–Kier alpha value is -3.13. The lowest BCUT2D eigenvalue weighted by Gasteiger charge is -2.12. The Bertz CT molecular complexity index is 1220. The molecule has 0 bridgehead atoms. The molecule has 0 aliphatic rings. The minimum Gasteiger partial charge on any atom is -0.326 e. The van der Waals surface area contributed by atoms with Gasteiger partial charge >= 0.3 is 0 Å². The van der Waals surface area contributed by atoms with Gasteiger partial charge in [0.1, 0.15) is 23.5 Å². The standard InChI is InChI=1S/C20H13BrF2N4O/c1-11(28)26-15-4-12(17-3-2-14(22)7-18(17)23)5-16(8-15)27-10-25-19-6-13(21)9-24-20(19)27/h2-10H,1H3,(H,26,28). The summed E-state index contributed by atoms with van der Waals surface area (Å²) in [6, 6.07) is 10.3. The molecule has 4 rings (SSSR count). The van der Waals surface area contributed by atoms with Gasteiger partial charge in [0.05, 0.1) is 5.69 Å². The Labute approximate surface area is 167 Å². The third-order valence-electron chi connectivity index (χ3n) is 4.11. The van der Waals surface area contributed by atoms with Crippen LogP contribution in [0.1, 0.15) is 6.92 Å². The summed E-state index contributed by atoms with van der Waals surface area (Å²) in [5.41, 5.74) is 3.08. The molecule has 5 nitrogen and oxygen atoms in total. The first-order chi connectivity index (χ1) is 13.4. The zero-order valence-electron chi connectivity index (χ0n) is 14.6. The number of rotatable bonds is 3. The van der Waals surface area contributed by atoms with Crippen molar-refractivity contribution in [2.24, 2.45) is 0 Å². The van der Waals surface area contributed by atoms with Crippen molar-refractivity contribution in [1.29, 1.82) is 0 Å². The first kappa shape index (κ1) is 18.2. The molecule has 140 valence electrons. The second-order valence-corrected chi connectivity index (χ2v) is 7.10. The Morgan fingerprint density at radius 2 is 1.93 bits per heavy atom. The molecule has 0 spiro atoms. The molecule has 4 aromatic rings. The zero-order valence-corrected chi connectivity index (χ0v) is 16.2. The van der Waals surface area contributed by atoms with Gasteiger partial charge in [-0.1, -0.05) is 0 Å². The van der Waals surface area contributed by atoms with Gasteiger partial charge in [-0.05, 0) is 57.9 Å². The summed E-state index contributed by atoms with van der Waals surface area (Å²) in [6.07, 6.45) is 3.25. The lowest BCUT2D eigenvalue weighted by atomic mass is 10.0. The summed E-state index contributed by atoms with van der Waals surface area (Å²) in [6.45, 7) is 1.39. The predicted molar refractivity (Wildman–Crippen MR) is 106 cm³/mol. The van der Waals surface area contributed by atoms with Crippen molar-refractivity contribution < 1.29 is 13.6 Å². The molecule has 1 N–H and O–H groups in total. The highest BCUT2D eigenvalue weighted by Crippen LogP contribution is 2.30. The van der Waals surface area contributed by atoms with Gasteiger partial charge in [-0.15, -0.1) is 0 Å². The second kappa shape index (κ2) is 7.12. The van der Waals surface area contributed by atoms with E-state index in [9.17, 15) is 13.6 Å². The van der Waals surface area contributed by atoms with Crippen LogP contribution >= 0.6 is 15.9 Å². The van der Waals surface area contributed by atoms with Gasteiger partial charge in [0.25, 0.3) is 0 Å². The third kappa shape index (κ3) is 3.50. The van der Waals surface area contributed by atoms with Crippen molar-refractivity contribution in [2.75, 3.05) is 5.32 Å². The number of nitrogens with one attached hydrogen (secondary N) is 1. The summed E-state index contributed by atoms with van der Waals surface area (Å²) in [5.74, 6) is -1.61.